The van der Waals surface area contributed by atoms with Crippen LogP contribution in [0.25, 0.3) is 0 Å². The lowest BCUT2D eigenvalue weighted by molar-refractivity contribution is -0.155. The zero-order valence-electron chi connectivity index (χ0n) is 20.6. The third-order valence-corrected chi connectivity index (χ3v) is 7.89. The van der Waals surface area contributed by atoms with Crippen LogP contribution in [0.3, 0.4) is 0 Å². The molecule has 7 nitrogen and oxygen atoms in total. The molecule has 0 aromatic rings. The first-order valence-electron chi connectivity index (χ1n) is 13.2. The van der Waals surface area contributed by atoms with Crippen LogP contribution in [0.5, 0.6) is 0 Å². The van der Waals surface area contributed by atoms with Gasteiger partial charge in [0.25, 0.3) is 11.8 Å². The molecule has 2 amide bonds. The normalized spacial score (nSPS) is 35.9. The molecular weight excluding hydrogens is 446 g/mol. The van der Waals surface area contributed by atoms with Gasteiger partial charge in [0.05, 0.1) is 12.0 Å². The number of carbonyl (C=O) groups excluding carboxylic acids is 4. The zero-order valence-corrected chi connectivity index (χ0v) is 20.6. The number of hydrogen-bond donors (Lipinski definition) is 0. The van der Waals surface area contributed by atoms with Crippen LogP contribution >= 0.6 is 0 Å². The van der Waals surface area contributed by atoms with Crippen molar-refractivity contribution in [2.45, 2.75) is 83.3 Å². The Bertz CT molecular complexity index is 879. The third kappa shape index (κ3) is 6.92. The minimum atomic E-state index is -0.285. The number of esters is 2. The first kappa shape index (κ1) is 25.4. The van der Waals surface area contributed by atoms with Crippen molar-refractivity contribution in [3.05, 3.63) is 36.5 Å². The number of amides is 2. The molecule has 2 aliphatic heterocycles. The third-order valence-electron chi connectivity index (χ3n) is 7.89. The maximum absolute atomic E-state index is 12.9. The van der Waals surface area contributed by atoms with Gasteiger partial charge in [-0.3, -0.25) is 19.3 Å². The fourth-order valence-electron chi connectivity index (χ4n) is 5.85. The Morgan fingerprint density at radius 3 is 2.49 bits per heavy atom. The zero-order chi connectivity index (χ0) is 24.8. The van der Waals surface area contributed by atoms with E-state index >= 15 is 0 Å². The van der Waals surface area contributed by atoms with Gasteiger partial charge in [0, 0.05) is 24.8 Å². The fourth-order valence-corrected chi connectivity index (χ4v) is 5.85. The molecule has 2 unspecified atom stereocenters. The van der Waals surface area contributed by atoms with Crippen LogP contribution < -0.4 is 0 Å². The lowest BCUT2D eigenvalue weighted by atomic mass is 9.81. The molecule has 4 atom stereocenters. The van der Waals surface area contributed by atoms with Gasteiger partial charge >= 0.3 is 11.9 Å². The number of hydrogen-bond acceptors (Lipinski definition) is 6. The summed E-state index contributed by atoms with van der Waals surface area (Å²) in [5, 5.41) is 0. The predicted octanol–water partition coefficient (Wildman–Crippen LogP) is 4.27. The Morgan fingerprint density at radius 1 is 1.00 bits per heavy atom. The summed E-state index contributed by atoms with van der Waals surface area (Å²) in [7, 11) is 0. The molecule has 0 bridgehead atoms. The van der Waals surface area contributed by atoms with Crippen LogP contribution in [-0.4, -0.2) is 47.4 Å². The largest absolute Gasteiger partial charge is 0.462 e. The monoisotopic (exact) mass is 483 g/mol. The van der Waals surface area contributed by atoms with Gasteiger partial charge in [-0.25, -0.2) is 4.79 Å². The Morgan fingerprint density at radius 2 is 1.74 bits per heavy atom. The van der Waals surface area contributed by atoms with Crippen LogP contribution in [0.1, 0.15) is 71.1 Å². The van der Waals surface area contributed by atoms with Crippen molar-refractivity contribution >= 4 is 23.8 Å². The SMILES string of the molecule is C[C@H]1CCC/C=C/C2CC(OC(=O)C3CCC(CN4C(=O)C=CC4=O)CC3)C[C@H]2C/C=C/C(=O)O1. The van der Waals surface area contributed by atoms with Crippen molar-refractivity contribution in [3.8, 4) is 0 Å². The number of nitrogens with zero attached hydrogens (tertiary/aromatic N) is 1. The molecule has 0 aromatic heterocycles. The lowest BCUT2D eigenvalue weighted by Gasteiger charge is -2.30. The highest BCUT2D eigenvalue weighted by atomic mass is 16.5. The molecule has 190 valence electrons. The van der Waals surface area contributed by atoms with Crippen LogP contribution in [-0.2, 0) is 28.7 Å². The van der Waals surface area contributed by atoms with E-state index < -0.39 is 0 Å². The minimum Gasteiger partial charge on any atom is -0.462 e. The van der Waals surface area contributed by atoms with Gasteiger partial charge in [-0.15, -0.1) is 0 Å². The van der Waals surface area contributed by atoms with E-state index in [4.69, 9.17) is 9.47 Å². The molecule has 2 aliphatic carbocycles. The summed E-state index contributed by atoms with van der Waals surface area (Å²) in [6.45, 7) is 2.37. The average Bonchev–Trinajstić information content (AvgIpc) is 3.36. The van der Waals surface area contributed by atoms with E-state index in [9.17, 15) is 19.2 Å². The second-order valence-corrected chi connectivity index (χ2v) is 10.5. The van der Waals surface area contributed by atoms with E-state index in [1.54, 1.807) is 0 Å². The number of ether oxygens (including phenoxy) is 2. The van der Waals surface area contributed by atoms with E-state index in [0.717, 1.165) is 64.2 Å². The molecule has 2 heterocycles. The molecule has 4 rings (SSSR count). The van der Waals surface area contributed by atoms with Crippen LogP contribution in [0.4, 0.5) is 0 Å². The molecule has 2 fully saturated rings. The standard InChI is InChI=1S/C28H37NO6/c1-19-6-3-2-4-7-22-16-24(17-23(22)8-5-9-27(32)34-19)35-28(33)21-12-10-20(11-13-21)18-29-25(30)14-15-26(29)31/h4-5,7,9,14-15,19-24H,2-3,6,8,10-13,16-18H2,1H3/b7-4+,9-5+/t19-,20?,21?,22?,23+,24?/m0/s1. The van der Waals surface area contributed by atoms with Crippen molar-refractivity contribution in [1.29, 1.82) is 0 Å². The Balaban J connectivity index is 1.26. The highest BCUT2D eigenvalue weighted by Crippen LogP contribution is 2.39. The number of cyclic esters (lactones) is 1. The summed E-state index contributed by atoms with van der Waals surface area (Å²) in [5.74, 6) is -0.0780. The molecule has 35 heavy (non-hydrogen) atoms. The molecule has 0 aromatic carbocycles. The van der Waals surface area contributed by atoms with Crippen LogP contribution in [0, 0.1) is 23.7 Å². The van der Waals surface area contributed by atoms with Gasteiger partial charge in [0.2, 0.25) is 0 Å². The van der Waals surface area contributed by atoms with Gasteiger partial charge in [-0.05, 0) is 88.9 Å². The highest BCUT2D eigenvalue weighted by molar-refractivity contribution is 6.12. The van der Waals surface area contributed by atoms with E-state index in [1.807, 2.05) is 13.0 Å². The maximum Gasteiger partial charge on any atom is 0.330 e. The summed E-state index contributed by atoms with van der Waals surface area (Å²) in [6, 6.07) is 0. The summed E-state index contributed by atoms with van der Waals surface area (Å²) < 4.78 is 11.4. The smallest absolute Gasteiger partial charge is 0.330 e. The maximum atomic E-state index is 12.9. The second-order valence-electron chi connectivity index (χ2n) is 10.5. The van der Waals surface area contributed by atoms with Gasteiger partial charge in [0.15, 0.2) is 0 Å². The van der Waals surface area contributed by atoms with E-state index in [-0.39, 0.29) is 47.8 Å². The summed E-state index contributed by atoms with van der Waals surface area (Å²) >= 11 is 0. The van der Waals surface area contributed by atoms with Crippen molar-refractivity contribution in [1.82, 2.24) is 4.90 Å². The summed E-state index contributed by atoms with van der Waals surface area (Å²) in [5.41, 5.74) is 0. The number of imide groups is 1. The molecule has 0 spiro atoms. The quantitative estimate of drug-likeness (QED) is 0.337. The molecule has 7 heteroatoms. The van der Waals surface area contributed by atoms with E-state index in [1.165, 1.54) is 23.1 Å². The Labute approximate surface area is 207 Å². The molecular formula is C28H37NO6. The Kier molecular flexibility index (Phi) is 8.58. The van der Waals surface area contributed by atoms with Gasteiger partial charge in [-0.2, -0.15) is 0 Å². The van der Waals surface area contributed by atoms with Crippen LogP contribution in [0.15, 0.2) is 36.5 Å². The average molecular weight is 484 g/mol. The van der Waals surface area contributed by atoms with E-state index in [0.29, 0.717) is 18.4 Å². The number of rotatable bonds is 4. The molecule has 2 saturated carbocycles. The molecule has 0 radical (unpaired) electrons. The van der Waals surface area contributed by atoms with Gasteiger partial charge in [-0.1, -0.05) is 18.2 Å². The number of carbonyl (C=O) groups is 4. The van der Waals surface area contributed by atoms with Crippen molar-refractivity contribution in [2.24, 2.45) is 23.7 Å². The van der Waals surface area contributed by atoms with Crippen molar-refractivity contribution in [3.63, 3.8) is 0 Å². The molecule has 0 N–H and O–H groups in total. The first-order chi connectivity index (χ1) is 16.9. The predicted molar refractivity (Wildman–Crippen MR) is 130 cm³/mol. The van der Waals surface area contributed by atoms with Gasteiger partial charge < -0.3 is 9.47 Å². The fraction of sp³-hybridized carbons (Fsp3) is 0.643. The van der Waals surface area contributed by atoms with Gasteiger partial charge in [0.1, 0.15) is 6.10 Å². The highest BCUT2D eigenvalue weighted by Gasteiger charge is 2.37. The van der Waals surface area contributed by atoms with Crippen LogP contribution in [0.2, 0.25) is 0 Å². The summed E-state index contributed by atoms with van der Waals surface area (Å²) in [6.07, 6.45) is 18.7. The molecule has 0 saturated heterocycles. The van der Waals surface area contributed by atoms with Crippen molar-refractivity contribution < 1.29 is 28.7 Å². The molecule has 4 aliphatic rings. The number of fused-ring (bicyclic) bond motifs is 1. The first-order valence-corrected chi connectivity index (χ1v) is 13.2. The topological polar surface area (TPSA) is 90.0 Å². The minimum absolute atomic E-state index is 0.0677. The van der Waals surface area contributed by atoms with Crippen molar-refractivity contribution in [2.75, 3.05) is 6.54 Å². The van der Waals surface area contributed by atoms with E-state index in [2.05, 4.69) is 12.2 Å². The summed E-state index contributed by atoms with van der Waals surface area (Å²) in [4.78, 5) is 49.8. The number of allylic oxidation sites excluding steroid dienone is 3. The Hall–Kier alpha value is -2.70. The second kappa shape index (κ2) is 11.8. The lowest BCUT2D eigenvalue weighted by Crippen LogP contribution is -2.37.